The van der Waals surface area contributed by atoms with E-state index in [0.717, 1.165) is 0 Å². The van der Waals surface area contributed by atoms with E-state index in [0.29, 0.717) is 13.0 Å². The monoisotopic (exact) mass is 200 g/mol. The topological polar surface area (TPSA) is 52.6 Å². The van der Waals surface area contributed by atoms with Gasteiger partial charge in [-0.25, -0.2) is 5.43 Å². The number of aliphatic hydroxyl groups excluding tert-OH is 1. The van der Waals surface area contributed by atoms with Crippen LogP contribution in [0.25, 0.3) is 0 Å². The maximum atomic E-state index is 11.6. The summed E-state index contributed by atoms with van der Waals surface area (Å²) >= 11 is 0. The van der Waals surface area contributed by atoms with Gasteiger partial charge in [0, 0.05) is 30.5 Å². The Morgan fingerprint density at radius 2 is 2.14 bits per heavy atom. The van der Waals surface area contributed by atoms with Gasteiger partial charge in [-0.2, -0.15) is 0 Å². The number of amides is 1. The van der Waals surface area contributed by atoms with Gasteiger partial charge in [-0.1, -0.05) is 13.8 Å². The molecule has 0 aliphatic carbocycles. The second kappa shape index (κ2) is 3.51. The Hall–Kier alpha value is -0.610. The highest BCUT2D eigenvalue weighted by molar-refractivity contribution is 5.79. The van der Waals surface area contributed by atoms with Gasteiger partial charge in [0.05, 0.1) is 0 Å². The molecule has 0 saturated carbocycles. The number of nitrogens with zero attached hydrogens (tertiary/aromatic N) is 1. The van der Waals surface area contributed by atoms with Crippen LogP contribution >= 0.6 is 0 Å². The molecule has 0 bridgehead atoms. The van der Waals surface area contributed by atoms with E-state index in [4.69, 9.17) is 5.11 Å². The first-order valence-corrected chi connectivity index (χ1v) is 4.95. The van der Waals surface area contributed by atoms with Gasteiger partial charge >= 0.3 is 0 Å². The summed E-state index contributed by atoms with van der Waals surface area (Å²) in [5, 5.41) is 10.7. The van der Waals surface area contributed by atoms with Gasteiger partial charge in [-0.05, 0) is 13.8 Å². The molecule has 4 heteroatoms. The Bertz CT molecular complexity index is 236. The summed E-state index contributed by atoms with van der Waals surface area (Å²) in [6.07, 6.45) is 0.522. The molecule has 1 heterocycles. The van der Waals surface area contributed by atoms with Crippen LogP contribution in [0.4, 0.5) is 0 Å². The Morgan fingerprint density at radius 1 is 1.57 bits per heavy atom. The number of hydrogen-bond donors (Lipinski definition) is 2. The maximum absolute atomic E-state index is 11.6. The number of carbonyl (C=O) groups excluding carboxylic acids is 1. The highest BCUT2D eigenvalue weighted by Crippen LogP contribution is 2.23. The van der Waals surface area contributed by atoms with Crippen molar-refractivity contribution in [2.45, 2.75) is 39.7 Å². The summed E-state index contributed by atoms with van der Waals surface area (Å²) in [7, 11) is 0. The van der Waals surface area contributed by atoms with Crippen LogP contribution in [0.3, 0.4) is 0 Å². The van der Waals surface area contributed by atoms with Crippen molar-refractivity contribution in [3.8, 4) is 0 Å². The molecule has 4 nitrogen and oxygen atoms in total. The van der Waals surface area contributed by atoms with Crippen molar-refractivity contribution in [3.05, 3.63) is 0 Å². The Balaban J connectivity index is 2.60. The molecule has 0 spiro atoms. The molecule has 1 aliphatic rings. The van der Waals surface area contributed by atoms with Crippen LogP contribution in [0.5, 0.6) is 0 Å². The minimum atomic E-state index is -0.247. The average Bonchev–Trinajstić information content (AvgIpc) is 2.24. The minimum absolute atomic E-state index is 0.0822. The second-order valence-corrected chi connectivity index (χ2v) is 5.47. The van der Waals surface area contributed by atoms with E-state index in [1.165, 1.54) is 0 Å². The largest absolute Gasteiger partial charge is 0.396 e. The Kier molecular flexibility index (Phi) is 2.88. The first-order chi connectivity index (χ1) is 6.26. The van der Waals surface area contributed by atoms with Gasteiger partial charge in [-0.3, -0.25) is 9.80 Å². The van der Waals surface area contributed by atoms with E-state index in [9.17, 15) is 4.79 Å². The van der Waals surface area contributed by atoms with Crippen molar-refractivity contribution < 1.29 is 9.90 Å². The third-order valence-corrected chi connectivity index (χ3v) is 2.35. The molecule has 0 aromatic rings. The van der Waals surface area contributed by atoms with E-state index in [1.54, 1.807) is 5.01 Å². The zero-order chi connectivity index (χ0) is 11.0. The van der Waals surface area contributed by atoms with Crippen molar-refractivity contribution in [3.63, 3.8) is 0 Å². The lowest BCUT2D eigenvalue weighted by Crippen LogP contribution is -2.47. The fourth-order valence-electron chi connectivity index (χ4n) is 1.55. The SMILES string of the molecule is CC(C)(CO)CN1NC(C)(C)CC1=O. The van der Waals surface area contributed by atoms with Gasteiger partial charge in [0.1, 0.15) is 0 Å². The molecule has 2 N–H and O–H groups in total. The van der Waals surface area contributed by atoms with E-state index < -0.39 is 0 Å². The molecule has 1 saturated heterocycles. The lowest BCUT2D eigenvalue weighted by Gasteiger charge is -2.29. The summed E-state index contributed by atoms with van der Waals surface area (Å²) in [5.41, 5.74) is 2.75. The number of carbonyl (C=O) groups is 1. The van der Waals surface area contributed by atoms with E-state index in [2.05, 4.69) is 5.43 Å². The zero-order valence-electron chi connectivity index (χ0n) is 9.42. The van der Waals surface area contributed by atoms with Crippen LogP contribution in [0, 0.1) is 5.41 Å². The smallest absolute Gasteiger partial charge is 0.238 e. The van der Waals surface area contributed by atoms with E-state index >= 15 is 0 Å². The highest BCUT2D eigenvalue weighted by atomic mass is 16.3. The molecule has 14 heavy (non-hydrogen) atoms. The molecule has 1 fully saturated rings. The molecule has 1 amide bonds. The van der Waals surface area contributed by atoms with Crippen LogP contribution in [-0.4, -0.2) is 34.7 Å². The van der Waals surface area contributed by atoms with Crippen molar-refractivity contribution in [1.29, 1.82) is 0 Å². The van der Waals surface area contributed by atoms with Crippen molar-refractivity contribution >= 4 is 5.91 Å². The van der Waals surface area contributed by atoms with Gasteiger partial charge in [0.2, 0.25) is 5.91 Å². The molecule has 0 unspecified atom stereocenters. The molecule has 1 rings (SSSR count). The zero-order valence-corrected chi connectivity index (χ0v) is 9.42. The molecule has 1 aliphatic heterocycles. The van der Waals surface area contributed by atoms with Crippen molar-refractivity contribution in [2.75, 3.05) is 13.2 Å². The second-order valence-electron chi connectivity index (χ2n) is 5.47. The van der Waals surface area contributed by atoms with Gasteiger partial charge in [0.25, 0.3) is 0 Å². The minimum Gasteiger partial charge on any atom is -0.396 e. The Labute approximate surface area is 85.3 Å². The molecular weight excluding hydrogens is 180 g/mol. The van der Waals surface area contributed by atoms with Crippen molar-refractivity contribution in [2.24, 2.45) is 5.41 Å². The fraction of sp³-hybridized carbons (Fsp3) is 0.900. The first kappa shape index (κ1) is 11.5. The lowest BCUT2D eigenvalue weighted by molar-refractivity contribution is -0.131. The summed E-state index contributed by atoms with van der Waals surface area (Å²) < 4.78 is 0. The lowest BCUT2D eigenvalue weighted by atomic mass is 9.95. The van der Waals surface area contributed by atoms with E-state index in [-0.39, 0.29) is 23.5 Å². The average molecular weight is 200 g/mol. The maximum Gasteiger partial charge on any atom is 0.238 e. The fourth-order valence-corrected chi connectivity index (χ4v) is 1.55. The van der Waals surface area contributed by atoms with Gasteiger partial charge < -0.3 is 5.11 Å². The molecular formula is C10H20N2O2. The summed E-state index contributed by atoms with van der Waals surface area (Å²) in [5.74, 6) is 0.108. The predicted molar refractivity (Wildman–Crippen MR) is 54.4 cm³/mol. The molecule has 0 aromatic carbocycles. The predicted octanol–water partition coefficient (Wildman–Crippen LogP) is 0.520. The van der Waals surface area contributed by atoms with Crippen LogP contribution in [0.15, 0.2) is 0 Å². The summed E-state index contributed by atoms with van der Waals surface area (Å²) in [4.78, 5) is 11.6. The quantitative estimate of drug-likeness (QED) is 0.698. The third-order valence-electron chi connectivity index (χ3n) is 2.35. The highest BCUT2D eigenvalue weighted by Gasteiger charge is 2.37. The summed E-state index contributed by atoms with van der Waals surface area (Å²) in [6.45, 7) is 8.50. The number of hydrogen-bond acceptors (Lipinski definition) is 3. The number of hydrazine groups is 1. The van der Waals surface area contributed by atoms with Crippen LogP contribution in [0.2, 0.25) is 0 Å². The standard InChI is InChI=1S/C10H20N2O2/c1-9(2,7-13)6-12-8(14)5-10(3,4)11-12/h11,13H,5-7H2,1-4H3. The number of nitrogens with one attached hydrogen (secondary N) is 1. The van der Waals surface area contributed by atoms with Crippen LogP contribution in [-0.2, 0) is 4.79 Å². The van der Waals surface area contributed by atoms with Crippen LogP contribution < -0.4 is 5.43 Å². The van der Waals surface area contributed by atoms with Gasteiger partial charge in [0.15, 0.2) is 0 Å². The van der Waals surface area contributed by atoms with Crippen LogP contribution in [0.1, 0.15) is 34.1 Å². The molecule has 82 valence electrons. The Morgan fingerprint density at radius 3 is 2.50 bits per heavy atom. The number of aliphatic hydroxyl groups is 1. The van der Waals surface area contributed by atoms with Crippen molar-refractivity contribution in [1.82, 2.24) is 10.4 Å². The first-order valence-electron chi connectivity index (χ1n) is 4.95. The molecule has 0 radical (unpaired) electrons. The molecule has 0 atom stereocenters. The normalized spacial score (nSPS) is 21.8. The third kappa shape index (κ3) is 2.69. The number of rotatable bonds is 3. The van der Waals surface area contributed by atoms with Gasteiger partial charge in [-0.15, -0.1) is 0 Å². The molecule has 0 aromatic heterocycles. The van der Waals surface area contributed by atoms with E-state index in [1.807, 2.05) is 27.7 Å². The summed E-state index contributed by atoms with van der Waals surface area (Å²) in [6, 6.07) is 0.